The normalized spacial score (nSPS) is 14.4. The van der Waals surface area contributed by atoms with E-state index in [0.29, 0.717) is 0 Å². The van der Waals surface area contributed by atoms with Crippen molar-refractivity contribution in [3.05, 3.63) is 60.7 Å². The second-order valence-corrected chi connectivity index (χ2v) is 18.4. The Hall–Kier alpha value is 1.07. The van der Waals surface area contributed by atoms with Crippen molar-refractivity contribution in [2.24, 2.45) is 0 Å². The van der Waals surface area contributed by atoms with Crippen LogP contribution >= 0.6 is 24.8 Å². The number of rotatable bonds is 4. The summed E-state index contributed by atoms with van der Waals surface area (Å²) in [6, 6.07) is 0. The molecular formula is C22H44Cl2Si3Zr-4. The van der Waals surface area contributed by atoms with Gasteiger partial charge in [0.15, 0.2) is 0 Å². The average molecular weight is 555 g/mol. The first-order chi connectivity index (χ1) is 11.1. The molecule has 0 N–H and O–H groups in total. The Morgan fingerprint density at radius 1 is 0.750 bits per heavy atom. The van der Waals surface area contributed by atoms with Crippen LogP contribution in [0.1, 0.15) is 39.5 Å². The fourth-order valence-corrected chi connectivity index (χ4v) is 4.96. The zero-order chi connectivity index (χ0) is 19.0. The summed E-state index contributed by atoms with van der Waals surface area (Å²) in [5.41, 5.74) is 3.12. The zero-order valence-corrected chi connectivity index (χ0v) is 27.5. The van der Waals surface area contributed by atoms with Crippen molar-refractivity contribution in [2.75, 3.05) is 0 Å². The molecule has 0 saturated heterocycles. The summed E-state index contributed by atoms with van der Waals surface area (Å²) in [6.07, 6.45) is 16.3. The van der Waals surface area contributed by atoms with Gasteiger partial charge in [0.25, 0.3) is 0 Å². The first-order valence-corrected chi connectivity index (χ1v) is 22.0. The molecule has 2 aliphatic carbocycles. The van der Waals surface area contributed by atoms with Crippen LogP contribution in [0.5, 0.6) is 0 Å². The van der Waals surface area contributed by atoms with Crippen molar-refractivity contribution in [3.8, 4) is 0 Å². The molecule has 0 amide bonds. The molecule has 0 radical (unpaired) electrons. The van der Waals surface area contributed by atoms with Crippen LogP contribution in [-0.2, 0) is 23.3 Å². The molecule has 0 nitrogen and oxygen atoms in total. The Morgan fingerprint density at radius 2 is 1.00 bits per heavy atom. The summed E-state index contributed by atoms with van der Waals surface area (Å²) in [6.45, 7) is 20.7. The number of hydrogen-bond acceptors (Lipinski definition) is 0. The summed E-state index contributed by atoms with van der Waals surface area (Å²) < 4.78 is 0. The first kappa shape index (κ1) is 39.5. The van der Waals surface area contributed by atoms with Gasteiger partial charge < -0.3 is 14.9 Å². The van der Waals surface area contributed by atoms with E-state index in [9.17, 15) is 0 Å². The van der Waals surface area contributed by atoms with Crippen molar-refractivity contribution in [1.29, 1.82) is 0 Å². The molecule has 28 heavy (non-hydrogen) atoms. The molecule has 166 valence electrons. The molecule has 0 unspecified atom stereocenters. The van der Waals surface area contributed by atoms with E-state index in [0.717, 1.165) is 12.8 Å². The molecule has 0 aromatic carbocycles. The second kappa shape index (κ2) is 18.8. The van der Waals surface area contributed by atoms with Crippen LogP contribution in [0.4, 0.5) is 0 Å². The van der Waals surface area contributed by atoms with Gasteiger partial charge in [-0.05, 0) is 0 Å². The topological polar surface area (TPSA) is 0 Å². The molecule has 2 rings (SSSR count). The molecule has 0 heterocycles. The molecule has 0 spiro atoms. The summed E-state index contributed by atoms with van der Waals surface area (Å²) in [7, 11) is -2.11. The van der Waals surface area contributed by atoms with Crippen LogP contribution in [-0.4, -0.2) is 23.0 Å². The maximum absolute atomic E-state index is 3.48. The zero-order valence-electron chi connectivity index (χ0n) is 20.0. The van der Waals surface area contributed by atoms with E-state index < -0.39 is 16.1 Å². The number of hydrogen-bond donors (Lipinski definition) is 0. The predicted molar refractivity (Wildman–Crippen MR) is 142 cm³/mol. The molecule has 0 bridgehead atoms. The van der Waals surface area contributed by atoms with Crippen LogP contribution < -0.4 is 0 Å². The fourth-order valence-electron chi connectivity index (χ4n) is 2.45. The van der Waals surface area contributed by atoms with E-state index in [4.69, 9.17) is 0 Å². The quantitative estimate of drug-likeness (QED) is 0.249. The van der Waals surface area contributed by atoms with Gasteiger partial charge in [-0.25, -0.2) is 22.5 Å². The molecule has 0 aromatic rings. The van der Waals surface area contributed by atoms with Gasteiger partial charge in [0.05, 0.1) is 0 Å². The van der Waals surface area contributed by atoms with Gasteiger partial charge in [0.1, 0.15) is 0 Å². The van der Waals surface area contributed by atoms with E-state index in [1.807, 2.05) is 6.88 Å². The third-order valence-corrected chi connectivity index (χ3v) is 8.11. The predicted octanol–water partition coefficient (Wildman–Crippen LogP) is 7.49. The Morgan fingerprint density at radius 3 is 1.11 bits per heavy atom. The van der Waals surface area contributed by atoms with Gasteiger partial charge in [-0.2, -0.15) is 11.1 Å². The van der Waals surface area contributed by atoms with Crippen LogP contribution in [0.3, 0.4) is 0 Å². The van der Waals surface area contributed by atoms with Crippen LogP contribution in [0.25, 0.3) is 0 Å². The minimum atomic E-state index is -1.05. The van der Waals surface area contributed by atoms with Gasteiger partial charge >= 0.3 is 30.2 Å². The monoisotopic (exact) mass is 552 g/mol. The van der Waals surface area contributed by atoms with Gasteiger partial charge in [-0.1, -0.05) is 66.0 Å². The van der Waals surface area contributed by atoms with E-state index in [1.54, 1.807) is 34.5 Å². The summed E-state index contributed by atoms with van der Waals surface area (Å²) >= 11 is 1.58. The third kappa shape index (κ3) is 15.0. The van der Waals surface area contributed by atoms with Crippen molar-refractivity contribution >= 4 is 47.8 Å². The Balaban J connectivity index is -0.000000102. The van der Waals surface area contributed by atoms with E-state index in [1.165, 1.54) is 23.2 Å². The Kier molecular flexibility index (Phi) is 26.6. The third-order valence-electron chi connectivity index (χ3n) is 4.23. The van der Waals surface area contributed by atoms with Crippen LogP contribution in [0, 0.1) is 27.0 Å². The summed E-state index contributed by atoms with van der Waals surface area (Å²) in [5, 5.41) is 3.05. The van der Waals surface area contributed by atoms with Crippen molar-refractivity contribution in [1.82, 2.24) is 0 Å². The molecule has 0 fully saturated rings. The van der Waals surface area contributed by atoms with E-state index >= 15 is 0 Å². The average Bonchev–Trinajstić information content (AvgIpc) is 3.18. The minimum absolute atomic E-state index is 0. The van der Waals surface area contributed by atoms with Crippen molar-refractivity contribution in [2.45, 2.75) is 78.8 Å². The summed E-state index contributed by atoms with van der Waals surface area (Å²) in [5.74, 6) is 0. The Bertz CT molecular complexity index is 489. The van der Waals surface area contributed by atoms with Crippen molar-refractivity contribution < 1.29 is 23.3 Å². The molecule has 0 aliphatic heterocycles. The maximum atomic E-state index is 3.48. The SMILES string of the molecule is CCC1=CC([Si](C)(C)C)=[C-]C1.CCC1=CC([Si](C)(C)C)=[C-]C1.Cl.Cl.[CH3-].[CH3-].[SiH2]=[Zr]. The van der Waals surface area contributed by atoms with Crippen molar-refractivity contribution in [3.63, 3.8) is 0 Å². The van der Waals surface area contributed by atoms with Gasteiger partial charge in [-0.15, -0.1) is 37.7 Å². The molecule has 0 saturated carbocycles. The molecular weight excluding hydrogens is 511 g/mol. The van der Waals surface area contributed by atoms with E-state index in [-0.39, 0.29) is 39.7 Å². The van der Waals surface area contributed by atoms with Gasteiger partial charge in [-0.3, -0.25) is 12.2 Å². The van der Waals surface area contributed by atoms with Gasteiger partial charge in [0, 0.05) is 16.1 Å². The fraction of sp³-hybridized carbons (Fsp3) is 0.545. The number of halogens is 2. The second-order valence-electron chi connectivity index (χ2n) is 8.35. The van der Waals surface area contributed by atoms with Gasteiger partial charge in [0.2, 0.25) is 0 Å². The number of allylic oxidation sites excluding steroid dienone is 8. The molecule has 0 atom stereocenters. The standard InChI is InChI=1S/2C10H17Si.2CH3.2ClH.H2Si.Zr/c2*1-5-9-6-7-10(8-9)11(2,3)4;;;;;;/h2*8H,5-6H2,1-4H3;2*1H3;2*1H;1H2;/q4*-1;;;;. The van der Waals surface area contributed by atoms with Crippen LogP contribution in [0.2, 0.25) is 39.3 Å². The molecule has 0 aromatic heterocycles. The Labute approximate surface area is 209 Å². The first-order valence-electron chi connectivity index (χ1n) is 9.04. The molecule has 2 aliphatic rings. The molecule has 6 heteroatoms. The van der Waals surface area contributed by atoms with Crippen LogP contribution in [0.15, 0.2) is 33.7 Å². The summed E-state index contributed by atoms with van der Waals surface area (Å²) in [4.78, 5) is 0. The van der Waals surface area contributed by atoms with E-state index in [2.05, 4.69) is 77.4 Å².